The van der Waals surface area contributed by atoms with Gasteiger partial charge in [-0.2, -0.15) is 0 Å². The van der Waals surface area contributed by atoms with Crippen molar-refractivity contribution in [2.75, 3.05) is 10.5 Å². The average Bonchev–Trinajstić information content (AvgIpc) is 2.54. The number of hydrogen-bond donors (Lipinski definition) is 1. The van der Waals surface area contributed by atoms with E-state index < -0.39 is 10.0 Å². The number of fused-ring (bicyclic) bond motifs is 1. The van der Waals surface area contributed by atoms with Gasteiger partial charge < -0.3 is 0 Å². The maximum absolute atomic E-state index is 12.6. The molecule has 23 heavy (non-hydrogen) atoms. The van der Waals surface area contributed by atoms with Gasteiger partial charge in [-0.15, -0.1) is 11.8 Å². The number of carbonyl (C=O) groups is 1. The number of aryl methyl sites for hydroxylation is 1. The topological polar surface area (TPSA) is 63.2 Å². The molecule has 0 saturated carbocycles. The first-order valence-corrected chi connectivity index (χ1v) is 9.82. The Kier molecular flexibility index (Phi) is 4.46. The molecule has 0 atom stereocenters. The standard InChI is InChI=1S/C17H17NO3S2/c1-12(19)13-4-2-6-15(10-13)18-23(20,21)16-7-8-17-14(11-16)5-3-9-22-17/h2,4,6-8,10-11,18H,3,5,9H2,1H3. The molecule has 1 aliphatic rings. The van der Waals surface area contributed by atoms with Crippen LogP contribution in [0, 0.1) is 0 Å². The zero-order chi connectivity index (χ0) is 16.4. The second-order valence-corrected chi connectivity index (χ2v) is 8.28. The summed E-state index contributed by atoms with van der Waals surface area (Å²) in [7, 11) is -3.66. The minimum absolute atomic E-state index is 0.100. The van der Waals surface area contributed by atoms with E-state index in [-0.39, 0.29) is 10.7 Å². The molecule has 0 spiro atoms. The highest BCUT2D eigenvalue weighted by Gasteiger charge is 2.18. The summed E-state index contributed by atoms with van der Waals surface area (Å²) in [6.07, 6.45) is 1.97. The van der Waals surface area contributed by atoms with Gasteiger partial charge in [0.15, 0.2) is 5.78 Å². The summed E-state index contributed by atoms with van der Waals surface area (Å²) < 4.78 is 27.7. The first-order valence-electron chi connectivity index (χ1n) is 7.35. The average molecular weight is 347 g/mol. The Bertz CT molecular complexity index is 860. The van der Waals surface area contributed by atoms with Crippen molar-refractivity contribution in [1.29, 1.82) is 0 Å². The second-order valence-electron chi connectivity index (χ2n) is 5.46. The Hall–Kier alpha value is -1.79. The lowest BCUT2D eigenvalue weighted by molar-refractivity contribution is 0.101. The SMILES string of the molecule is CC(=O)c1cccc(NS(=O)(=O)c2ccc3c(c2)CCCS3)c1. The summed E-state index contributed by atoms with van der Waals surface area (Å²) in [5.74, 6) is 0.978. The molecule has 0 bridgehead atoms. The molecule has 1 heterocycles. The Balaban J connectivity index is 1.90. The van der Waals surface area contributed by atoms with Crippen LogP contribution in [0.1, 0.15) is 29.3 Å². The van der Waals surface area contributed by atoms with Crippen molar-refractivity contribution >= 4 is 33.3 Å². The van der Waals surface area contributed by atoms with Crippen LogP contribution in [0.25, 0.3) is 0 Å². The molecule has 0 aromatic heterocycles. The van der Waals surface area contributed by atoms with E-state index in [2.05, 4.69) is 4.72 Å². The van der Waals surface area contributed by atoms with Crippen LogP contribution in [0.15, 0.2) is 52.3 Å². The van der Waals surface area contributed by atoms with Crippen LogP contribution >= 0.6 is 11.8 Å². The van der Waals surface area contributed by atoms with Crippen molar-refractivity contribution in [3.8, 4) is 0 Å². The maximum atomic E-state index is 12.6. The molecule has 0 fully saturated rings. The van der Waals surface area contributed by atoms with Gasteiger partial charge in [0.25, 0.3) is 10.0 Å². The molecular formula is C17H17NO3S2. The normalized spacial score (nSPS) is 14.1. The number of rotatable bonds is 4. The van der Waals surface area contributed by atoms with Crippen LogP contribution in [-0.4, -0.2) is 20.0 Å². The summed E-state index contributed by atoms with van der Waals surface area (Å²) >= 11 is 1.76. The molecule has 3 rings (SSSR count). The van der Waals surface area contributed by atoms with E-state index in [9.17, 15) is 13.2 Å². The van der Waals surface area contributed by atoms with E-state index in [1.54, 1.807) is 48.2 Å². The Labute approximate surface area is 140 Å². The number of anilines is 1. The van der Waals surface area contributed by atoms with E-state index in [0.29, 0.717) is 11.3 Å². The third-order valence-electron chi connectivity index (χ3n) is 3.71. The first-order chi connectivity index (χ1) is 11.0. The van der Waals surface area contributed by atoms with E-state index in [0.717, 1.165) is 29.1 Å². The van der Waals surface area contributed by atoms with Gasteiger partial charge in [-0.25, -0.2) is 8.42 Å². The molecule has 2 aromatic carbocycles. The van der Waals surface area contributed by atoms with Crippen LogP contribution < -0.4 is 4.72 Å². The van der Waals surface area contributed by atoms with Gasteiger partial charge in [0.05, 0.1) is 4.90 Å². The minimum Gasteiger partial charge on any atom is -0.295 e. The highest BCUT2D eigenvalue weighted by molar-refractivity contribution is 7.99. The number of carbonyl (C=O) groups excluding carboxylic acids is 1. The van der Waals surface area contributed by atoms with Crippen molar-refractivity contribution in [3.63, 3.8) is 0 Å². The summed E-state index contributed by atoms with van der Waals surface area (Å²) in [6, 6.07) is 11.8. The number of thioether (sulfide) groups is 1. The molecule has 0 unspecified atom stereocenters. The predicted molar refractivity (Wildman–Crippen MR) is 92.7 cm³/mol. The van der Waals surface area contributed by atoms with Crippen LogP contribution in [0.5, 0.6) is 0 Å². The molecular weight excluding hydrogens is 330 g/mol. The maximum Gasteiger partial charge on any atom is 0.261 e. The van der Waals surface area contributed by atoms with Crippen LogP contribution in [0.4, 0.5) is 5.69 Å². The monoisotopic (exact) mass is 347 g/mol. The number of sulfonamides is 1. The molecule has 4 nitrogen and oxygen atoms in total. The Morgan fingerprint density at radius 1 is 1.17 bits per heavy atom. The van der Waals surface area contributed by atoms with Crippen molar-refractivity contribution in [1.82, 2.24) is 0 Å². The molecule has 1 N–H and O–H groups in total. The van der Waals surface area contributed by atoms with Gasteiger partial charge in [-0.1, -0.05) is 12.1 Å². The fourth-order valence-electron chi connectivity index (χ4n) is 2.52. The number of nitrogens with one attached hydrogen (secondary N) is 1. The van der Waals surface area contributed by atoms with E-state index in [1.165, 1.54) is 6.92 Å². The highest BCUT2D eigenvalue weighted by Crippen LogP contribution is 2.31. The number of ketones is 1. The summed E-state index contributed by atoms with van der Waals surface area (Å²) in [4.78, 5) is 12.8. The fraction of sp³-hybridized carbons (Fsp3) is 0.235. The van der Waals surface area contributed by atoms with Crippen molar-refractivity contribution < 1.29 is 13.2 Å². The number of Topliss-reactive ketones (excluding diaryl/α,β-unsaturated/α-hetero) is 1. The third kappa shape index (κ3) is 3.59. The zero-order valence-electron chi connectivity index (χ0n) is 12.7. The molecule has 0 radical (unpaired) electrons. The fourth-order valence-corrected chi connectivity index (χ4v) is 4.64. The Morgan fingerprint density at radius 2 is 2.00 bits per heavy atom. The van der Waals surface area contributed by atoms with Crippen LogP contribution in [0.3, 0.4) is 0 Å². The number of benzene rings is 2. The molecule has 0 saturated heterocycles. The van der Waals surface area contributed by atoms with Gasteiger partial charge in [0.2, 0.25) is 0 Å². The largest absolute Gasteiger partial charge is 0.295 e. The second kappa shape index (κ2) is 6.37. The van der Waals surface area contributed by atoms with Gasteiger partial charge >= 0.3 is 0 Å². The molecule has 1 aliphatic heterocycles. The Morgan fingerprint density at radius 3 is 2.78 bits per heavy atom. The van der Waals surface area contributed by atoms with Gasteiger partial charge in [-0.3, -0.25) is 9.52 Å². The molecule has 6 heteroatoms. The van der Waals surface area contributed by atoms with Crippen molar-refractivity contribution in [2.24, 2.45) is 0 Å². The lowest BCUT2D eigenvalue weighted by Crippen LogP contribution is -2.14. The van der Waals surface area contributed by atoms with Gasteiger partial charge in [-0.05, 0) is 61.4 Å². The minimum atomic E-state index is -3.66. The highest BCUT2D eigenvalue weighted by atomic mass is 32.2. The van der Waals surface area contributed by atoms with E-state index in [1.807, 2.05) is 6.07 Å². The van der Waals surface area contributed by atoms with Gasteiger partial charge in [0, 0.05) is 16.1 Å². The van der Waals surface area contributed by atoms with E-state index >= 15 is 0 Å². The zero-order valence-corrected chi connectivity index (χ0v) is 14.3. The summed E-state index contributed by atoms with van der Waals surface area (Å²) in [5, 5.41) is 0. The lowest BCUT2D eigenvalue weighted by atomic mass is 10.1. The first kappa shape index (κ1) is 16.1. The van der Waals surface area contributed by atoms with Crippen LogP contribution in [-0.2, 0) is 16.4 Å². The van der Waals surface area contributed by atoms with Crippen molar-refractivity contribution in [2.45, 2.75) is 29.6 Å². The molecule has 2 aromatic rings. The lowest BCUT2D eigenvalue weighted by Gasteiger charge is -2.16. The summed E-state index contributed by atoms with van der Waals surface area (Å²) in [6.45, 7) is 1.45. The molecule has 120 valence electrons. The smallest absolute Gasteiger partial charge is 0.261 e. The molecule has 0 amide bonds. The van der Waals surface area contributed by atoms with E-state index in [4.69, 9.17) is 0 Å². The predicted octanol–water partition coefficient (Wildman–Crippen LogP) is 3.73. The molecule has 0 aliphatic carbocycles. The number of hydrogen-bond acceptors (Lipinski definition) is 4. The summed E-state index contributed by atoms with van der Waals surface area (Å²) in [5.41, 5.74) is 1.96. The quantitative estimate of drug-likeness (QED) is 0.856. The third-order valence-corrected chi connectivity index (χ3v) is 6.29. The van der Waals surface area contributed by atoms with Gasteiger partial charge in [0.1, 0.15) is 0 Å². The van der Waals surface area contributed by atoms with Crippen molar-refractivity contribution in [3.05, 3.63) is 53.6 Å². The van der Waals surface area contributed by atoms with Crippen LogP contribution in [0.2, 0.25) is 0 Å².